The summed E-state index contributed by atoms with van der Waals surface area (Å²) < 4.78 is 14.2. The average molecular weight is 333 g/mol. The fourth-order valence-electron chi connectivity index (χ4n) is 2.10. The first kappa shape index (κ1) is 21.3. The molecule has 0 aromatic carbocycles. The molecule has 0 aliphatic rings. The minimum absolute atomic E-state index is 0.643. The number of methoxy groups -OCH3 is 3. The highest BCUT2D eigenvalue weighted by Crippen LogP contribution is 2.31. The fourth-order valence-corrected chi connectivity index (χ4v) is 2.10. The van der Waals surface area contributed by atoms with Crippen LogP contribution in [-0.4, -0.2) is 61.0 Å². The Balaban J connectivity index is 5.98. The van der Waals surface area contributed by atoms with Gasteiger partial charge in [0.2, 0.25) is 0 Å². The summed E-state index contributed by atoms with van der Waals surface area (Å²) in [6, 6.07) is 0. The van der Waals surface area contributed by atoms with E-state index in [9.17, 15) is 14.4 Å². The SMILES string of the molecule is COC(=O)C(C)(C)ON(C(C)(C)C(=O)OC)C(C)(C)C(=O)OC. The molecule has 0 aliphatic heterocycles. The van der Waals surface area contributed by atoms with E-state index in [-0.39, 0.29) is 0 Å². The Morgan fingerprint density at radius 2 is 0.957 bits per heavy atom. The molecule has 0 amide bonds. The van der Waals surface area contributed by atoms with Crippen molar-refractivity contribution >= 4 is 17.9 Å². The topological polar surface area (TPSA) is 91.4 Å². The van der Waals surface area contributed by atoms with Gasteiger partial charge in [-0.1, -0.05) is 0 Å². The second-order valence-electron chi connectivity index (χ2n) is 6.49. The summed E-state index contributed by atoms with van der Waals surface area (Å²) >= 11 is 0. The van der Waals surface area contributed by atoms with Gasteiger partial charge in [-0.25, -0.2) is 14.4 Å². The zero-order valence-corrected chi connectivity index (χ0v) is 15.3. The molecular weight excluding hydrogens is 306 g/mol. The molecule has 0 aromatic rings. The summed E-state index contributed by atoms with van der Waals surface area (Å²) in [5, 5.41) is 1.11. The van der Waals surface area contributed by atoms with Crippen LogP contribution in [0.5, 0.6) is 0 Å². The molecule has 0 spiro atoms. The van der Waals surface area contributed by atoms with Gasteiger partial charge in [0.05, 0.1) is 21.3 Å². The highest BCUT2D eigenvalue weighted by molar-refractivity contribution is 5.84. The van der Waals surface area contributed by atoms with Gasteiger partial charge in [0.25, 0.3) is 0 Å². The maximum Gasteiger partial charge on any atom is 0.339 e. The lowest BCUT2D eigenvalue weighted by Crippen LogP contribution is -2.65. The van der Waals surface area contributed by atoms with Crippen molar-refractivity contribution in [1.29, 1.82) is 0 Å². The number of ether oxygens (including phenoxy) is 3. The van der Waals surface area contributed by atoms with Crippen molar-refractivity contribution in [3.8, 4) is 0 Å². The Kier molecular flexibility index (Phi) is 6.74. The van der Waals surface area contributed by atoms with Crippen LogP contribution in [0.1, 0.15) is 41.5 Å². The van der Waals surface area contributed by atoms with Crippen LogP contribution >= 0.6 is 0 Å². The summed E-state index contributed by atoms with van der Waals surface area (Å²) in [4.78, 5) is 41.9. The smallest absolute Gasteiger partial charge is 0.339 e. The van der Waals surface area contributed by atoms with Gasteiger partial charge in [-0.05, 0) is 41.5 Å². The van der Waals surface area contributed by atoms with E-state index < -0.39 is 34.6 Å². The predicted molar refractivity (Wildman–Crippen MR) is 81.2 cm³/mol. The summed E-state index contributed by atoms with van der Waals surface area (Å²) in [7, 11) is 3.66. The third-order valence-electron chi connectivity index (χ3n) is 3.38. The van der Waals surface area contributed by atoms with E-state index in [1.807, 2.05) is 0 Å². The minimum Gasteiger partial charge on any atom is -0.468 e. The Bertz CT molecular complexity index is 440. The second kappa shape index (κ2) is 7.27. The highest BCUT2D eigenvalue weighted by atomic mass is 16.7. The lowest BCUT2D eigenvalue weighted by Gasteiger charge is -2.46. The summed E-state index contributed by atoms with van der Waals surface area (Å²) in [5.74, 6) is -1.95. The molecule has 0 fully saturated rings. The standard InChI is InChI=1S/C15H27NO7/c1-13(2,10(17)20-7)16(14(3,4)11(18)21-8)23-15(5,6)12(19)22-9/h1-9H3. The summed E-state index contributed by atoms with van der Waals surface area (Å²) in [6.45, 7) is 8.97. The van der Waals surface area contributed by atoms with E-state index in [4.69, 9.17) is 19.0 Å². The maximum absolute atomic E-state index is 12.1. The van der Waals surface area contributed by atoms with Crippen molar-refractivity contribution in [2.45, 2.75) is 58.2 Å². The molecule has 0 saturated heterocycles. The third kappa shape index (κ3) is 4.42. The molecule has 8 nitrogen and oxygen atoms in total. The maximum atomic E-state index is 12.1. The van der Waals surface area contributed by atoms with E-state index >= 15 is 0 Å². The number of carbonyl (C=O) groups is 3. The van der Waals surface area contributed by atoms with Gasteiger partial charge in [0.15, 0.2) is 5.60 Å². The molecule has 0 N–H and O–H groups in total. The lowest BCUT2D eigenvalue weighted by molar-refractivity contribution is -0.308. The van der Waals surface area contributed by atoms with Gasteiger partial charge < -0.3 is 14.2 Å². The summed E-state index contributed by atoms with van der Waals surface area (Å²) in [6.07, 6.45) is 0. The zero-order chi connectivity index (χ0) is 18.6. The van der Waals surface area contributed by atoms with Gasteiger partial charge in [-0.2, -0.15) is 5.06 Å². The van der Waals surface area contributed by atoms with Crippen LogP contribution in [0.25, 0.3) is 0 Å². The van der Waals surface area contributed by atoms with Crippen LogP contribution < -0.4 is 0 Å². The van der Waals surface area contributed by atoms with Crippen molar-refractivity contribution in [1.82, 2.24) is 5.06 Å². The Labute approximate surface area is 137 Å². The number of nitrogens with zero attached hydrogens (tertiary/aromatic N) is 1. The molecule has 23 heavy (non-hydrogen) atoms. The van der Waals surface area contributed by atoms with Crippen molar-refractivity contribution in [3.05, 3.63) is 0 Å². The van der Waals surface area contributed by atoms with Crippen LogP contribution in [-0.2, 0) is 33.4 Å². The van der Waals surface area contributed by atoms with Crippen molar-refractivity contribution in [2.24, 2.45) is 0 Å². The van der Waals surface area contributed by atoms with E-state index in [0.717, 1.165) is 5.06 Å². The Morgan fingerprint density at radius 3 is 1.22 bits per heavy atom. The van der Waals surface area contributed by atoms with Crippen LogP contribution in [0.2, 0.25) is 0 Å². The Morgan fingerprint density at radius 1 is 0.652 bits per heavy atom. The largest absolute Gasteiger partial charge is 0.468 e. The van der Waals surface area contributed by atoms with E-state index in [1.165, 1.54) is 62.9 Å². The van der Waals surface area contributed by atoms with Gasteiger partial charge in [0, 0.05) is 0 Å². The van der Waals surface area contributed by atoms with Crippen molar-refractivity contribution < 1.29 is 33.4 Å². The van der Waals surface area contributed by atoms with E-state index in [0.29, 0.717) is 0 Å². The zero-order valence-electron chi connectivity index (χ0n) is 15.3. The molecule has 0 radical (unpaired) electrons. The molecule has 0 atom stereocenters. The fraction of sp³-hybridized carbons (Fsp3) is 0.800. The number of rotatable bonds is 7. The molecule has 0 rings (SSSR count). The van der Waals surface area contributed by atoms with Gasteiger partial charge in [0.1, 0.15) is 11.1 Å². The second-order valence-corrected chi connectivity index (χ2v) is 6.49. The first-order valence-electron chi connectivity index (χ1n) is 7.03. The van der Waals surface area contributed by atoms with Crippen LogP contribution in [0.15, 0.2) is 0 Å². The molecule has 0 saturated carbocycles. The number of esters is 3. The minimum atomic E-state index is -1.44. The van der Waals surface area contributed by atoms with Crippen LogP contribution in [0.4, 0.5) is 0 Å². The van der Waals surface area contributed by atoms with Crippen LogP contribution in [0, 0.1) is 0 Å². The van der Waals surface area contributed by atoms with E-state index in [2.05, 4.69) is 0 Å². The molecule has 0 unspecified atom stereocenters. The van der Waals surface area contributed by atoms with Crippen molar-refractivity contribution in [2.75, 3.05) is 21.3 Å². The van der Waals surface area contributed by atoms with Gasteiger partial charge in [-0.15, -0.1) is 0 Å². The quantitative estimate of drug-likeness (QED) is 0.388. The molecule has 0 heterocycles. The molecule has 0 bridgehead atoms. The van der Waals surface area contributed by atoms with Gasteiger partial charge >= 0.3 is 17.9 Å². The lowest BCUT2D eigenvalue weighted by atomic mass is 9.96. The van der Waals surface area contributed by atoms with Gasteiger partial charge in [-0.3, -0.25) is 4.84 Å². The average Bonchev–Trinajstić information content (AvgIpc) is 2.49. The molecule has 0 aromatic heterocycles. The van der Waals surface area contributed by atoms with Crippen molar-refractivity contribution in [3.63, 3.8) is 0 Å². The first-order valence-corrected chi connectivity index (χ1v) is 7.03. The molecular formula is C15H27NO7. The third-order valence-corrected chi connectivity index (χ3v) is 3.38. The molecule has 0 aliphatic carbocycles. The van der Waals surface area contributed by atoms with E-state index in [1.54, 1.807) is 0 Å². The predicted octanol–water partition coefficient (Wildman–Crippen LogP) is 1.07. The highest BCUT2D eigenvalue weighted by Gasteiger charge is 2.52. The monoisotopic (exact) mass is 333 g/mol. The normalized spacial score (nSPS) is 12.8. The number of hydrogen-bond donors (Lipinski definition) is 0. The Hall–Kier alpha value is -1.67. The number of hydroxylamine groups is 2. The molecule has 8 heteroatoms. The molecule has 134 valence electrons. The number of carbonyl (C=O) groups excluding carboxylic acids is 3. The summed E-state index contributed by atoms with van der Waals surface area (Å²) in [5.41, 5.74) is -4.19. The number of hydrogen-bond acceptors (Lipinski definition) is 8. The van der Waals surface area contributed by atoms with Crippen LogP contribution in [0.3, 0.4) is 0 Å². The first-order chi connectivity index (χ1) is 10.3.